The Balaban J connectivity index is 2.69. The van der Waals surface area contributed by atoms with Crippen LogP contribution in [0.2, 0.25) is 0 Å². The Labute approximate surface area is 157 Å². The molecule has 0 saturated carbocycles. The lowest BCUT2D eigenvalue weighted by atomic mass is 10.0. The van der Waals surface area contributed by atoms with Crippen LogP contribution in [0, 0.1) is 11.6 Å². The first kappa shape index (κ1) is 21.7. The molecule has 27 heavy (non-hydrogen) atoms. The summed E-state index contributed by atoms with van der Waals surface area (Å²) in [6.45, 7) is 0. The van der Waals surface area contributed by atoms with Crippen molar-refractivity contribution in [3.05, 3.63) is 71.3 Å². The average Bonchev–Trinajstić information content (AvgIpc) is 2.52. The van der Waals surface area contributed by atoms with Crippen LogP contribution in [0.25, 0.3) is 0 Å². The maximum Gasteiger partial charge on any atom is 0.384 e. The van der Waals surface area contributed by atoms with Gasteiger partial charge < -0.3 is 0 Å². The molecule has 148 valence electrons. The predicted octanol–water partition coefficient (Wildman–Crippen LogP) is 6.59. The minimum absolute atomic E-state index is 0.134. The van der Waals surface area contributed by atoms with Crippen LogP contribution >= 0.6 is 23.2 Å². The molecule has 0 spiro atoms. The van der Waals surface area contributed by atoms with Gasteiger partial charge in [0.2, 0.25) is 0 Å². The first-order valence-electron chi connectivity index (χ1n) is 6.94. The fourth-order valence-corrected chi connectivity index (χ4v) is 2.43. The molecule has 0 aliphatic rings. The fourth-order valence-electron chi connectivity index (χ4n) is 2.13. The van der Waals surface area contributed by atoms with E-state index in [0.717, 1.165) is 12.1 Å². The van der Waals surface area contributed by atoms with Gasteiger partial charge in [0.25, 0.3) is 0 Å². The van der Waals surface area contributed by atoms with Crippen LogP contribution in [0.3, 0.4) is 0 Å². The van der Waals surface area contributed by atoms with Crippen molar-refractivity contribution in [2.24, 2.45) is 0 Å². The van der Waals surface area contributed by atoms with Crippen molar-refractivity contribution in [2.45, 2.75) is 22.5 Å². The smallest absolute Gasteiger partial charge is 0.289 e. The Kier molecular flexibility index (Phi) is 5.71. The molecule has 0 fully saturated rings. The molecule has 1 nitrogen and oxygen atoms in total. The van der Waals surface area contributed by atoms with Gasteiger partial charge >= 0.3 is 22.5 Å². The maximum absolute atomic E-state index is 15.0. The molecule has 2 unspecified atom stereocenters. The van der Waals surface area contributed by atoms with Crippen LogP contribution in [0.4, 0.5) is 35.1 Å². The highest BCUT2D eigenvalue weighted by molar-refractivity contribution is 6.23. The Morgan fingerprint density at radius 2 is 0.963 bits per heavy atom. The molecular formula is C16H8Cl2F8O. The number of benzene rings is 2. The van der Waals surface area contributed by atoms with Gasteiger partial charge in [-0.3, -0.25) is 4.74 Å². The van der Waals surface area contributed by atoms with E-state index in [9.17, 15) is 26.3 Å². The van der Waals surface area contributed by atoms with Gasteiger partial charge in [-0.25, -0.2) is 8.78 Å². The molecule has 0 aliphatic heterocycles. The van der Waals surface area contributed by atoms with Crippen molar-refractivity contribution >= 4 is 23.2 Å². The number of alkyl halides is 8. The third-order valence-corrected chi connectivity index (χ3v) is 3.89. The Hall–Kier alpha value is -1.58. The topological polar surface area (TPSA) is 9.23 Å². The summed E-state index contributed by atoms with van der Waals surface area (Å²) in [6, 6.07) is 4.14. The largest absolute Gasteiger partial charge is 0.384 e. The highest BCUT2D eigenvalue weighted by atomic mass is 35.5. The lowest BCUT2D eigenvalue weighted by Crippen LogP contribution is -2.51. The molecule has 0 radical (unpaired) electrons. The highest BCUT2D eigenvalue weighted by Gasteiger charge is 2.67. The summed E-state index contributed by atoms with van der Waals surface area (Å²) >= 11 is 9.24. The maximum atomic E-state index is 15.0. The molecule has 0 heterocycles. The second kappa shape index (κ2) is 7.10. The van der Waals surface area contributed by atoms with Gasteiger partial charge in [0.15, 0.2) is 0 Å². The summed E-state index contributed by atoms with van der Waals surface area (Å²) in [6.07, 6.45) is 0. The van der Waals surface area contributed by atoms with Crippen LogP contribution in [0.1, 0.15) is 11.1 Å². The third-order valence-electron chi connectivity index (χ3n) is 3.40. The molecule has 2 aromatic rings. The van der Waals surface area contributed by atoms with Crippen molar-refractivity contribution in [3.8, 4) is 0 Å². The Morgan fingerprint density at radius 3 is 1.22 bits per heavy atom. The van der Waals surface area contributed by atoms with Crippen molar-refractivity contribution < 1.29 is 39.9 Å². The van der Waals surface area contributed by atoms with E-state index in [1.54, 1.807) is 0 Å². The summed E-state index contributed by atoms with van der Waals surface area (Å²) in [7, 11) is 0. The van der Waals surface area contributed by atoms with Crippen LogP contribution in [0.5, 0.6) is 0 Å². The predicted molar refractivity (Wildman–Crippen MR) is 81.1 cm³/mol. The van der Waals surface area contributed by atoms with E-state index in [-0.39, 0.29) is 12.1 Å². The van der Waals surface area contributed by atoms with Crippen molar-refractivity contribution in [1.29, 1.82) is 0 Å². The zero-order valence-corrected chi connectivity index (χ0v) is 14.3. The second-order valence-corrected chi connectivity index (χ2v) is 6.26. The Morgan fingerprint density at radius 1 is 0.630 bits per heavy atom. The molecule has 2 rings (SSSR count). The summed E-state index contributed by atoms with van der Waals surface area (Å²) in [5.74, 6) is -12.2. The van der Waals surface area contributed by atoms with E-state index < -0.39 is 45.2 Å². The van der Waals surface area contributed by atoms with Gasteiger partial charge in [-0.2, -0.15) is 26.3 Å². The first-order chi connectivity index (χ1) is 12.2. The normalized spacial score (nSPS) is 17.3. The quantitative estimate of drug-likeness (QED) is 0.365. The molecule has 0 aliphatic carbocycles. The number of hydrogen-bond acceptors (Lipinski definition) is 1. The van der Waals surface area contributed by atoms with Crippen LogP contribution in [-0.2, 0) is 16.4 Å². The first-order valence-corrected chi connectivity index (χ1v) is 7.70. The van der Waals surface area contributed by atoms with E-state index in [0.29, 0.717) is 24.3 Å². The average molecular weight is 439 g/mol. The molecule has 0 N–H and O–H groups in total. The van der Waals surface area contributed by atoms with Gasteiger partial charge in [-0.05, 0) is 47.5 Å². The van der Waals surface area contributed by atoms with Crippen molar-refractivity contribution in [3.63, 3.8) is 0 Å². The van der Waals surface area contributed by atoms with E-state index in [2.05, 4.69) is 27.9 Å². The molecule has 0 aromatic heterocycles. The third kappa shape index (κ3) is 4.14. The standard InChI is InChI=1S/C16H8Cl2F8O/c17-15(23,24)13(21,9-3-1-5-11(19)7-9)27-14(22,16(18,25)26)10-4-2-6-12(20)8-10/h1-8H. The van der Waals surface area contributed by atoms with Crippen LogP contribution < -0.4 is 0 Å². The van der Waals surface area contributed by atoms with Crippen molar-refractivity contribution in [2.75, 3.05) is 0 Å². The van der Waals surface area contributed by atoms with Crippen LogP contribution in [0.15, 0.2) is 48.5 Å². The second-order valence-electron chi connectivity index (χ2n) is 5.31. The minimum Gasteiger partial charge on any atom is -0.289 e. The number of rotatable bonds is 6. The molecule has 0 bridgehead atoms. The summed E-state index contributed by atoms with van der Waals surface area (Å²) < 4.78 is 115. The van der Waals surface area contributed by atoms with E-state index in [4.69, 9.17) is 0 Å². The number of hydrogen-bond donors (Lipinski definition) is 0. The lowest BCUT2D eigenvalue weighted by Gasteiger charge is -2.38. The van der Waals surface area contributed by atoms with Gasteiger partial charge in [-0.15, -0.1) is 0 Å². The van der Waals surface area contributed by atoms with Gasteiger partial charge in [0.05, 0.1) is 0 Å². The molecule has 11 heteroatoms. The van der Waals surface area contributed by atoms with E-state index in [1.807, 2.05) is 0 Å². The van der Waals surface area contributed by atoms with Gasteiger partial charge in [0.1, 0.15) is 11.6 Å². The summed E-state index contributed by atoms with van der Waals surface area (Å²) in [4.78, 5) is 0. The SMILES string of the molecule is Fc1cccc(C(F)(OC(F)(c2cccc(F)c2)C(F)(F)Cl)C(F)(F)Cl)c1. The molecule has 0 amide bonds. The van der Waals surface area contributed by atoms with Crippen molar-refractivity contribution in [1.82, 2.24) is 0 Å². The highest BCUT2D eigenvalue weighted by Crippen LogP contribution is 2.55. The molecule has 0 saturated heterocycles. The van der Waals surface area contributed by atoms with E-state index in [1.165, 1.54) is 0 Å². The van der Waals surface area contributed by atoms with E-state index >= 15 is 8.78 Å². The number of ether oxygens (including phenoxy) is 1. The molecular weight excluding hydrogens is 431 g/mol. The van der Waals surface area contributed by atoms with Gasteiger partial charge in [-0.1, -0.05) is 24.3 Å². The van der Waals surface area contributed by atoms with Crippen LogP contribution in [-0.4, -0.2) is 10.8 Å². The lowest BCUT2D eigenvalue weighted by molar-refractivity contribution is -0.375. The summed E-state index contributed by atoms with van der Waals surface area (Å²) in [5, 5.41) is -10.3. The van der Waals surface area contributed by atoms with Gasteiger partial charge in [0, 0.05) is 11.1 Å². The molecule has 2 aromatic carbocycles. The summed E-state index contributed by atoms with van der Waals surface area (Å²) in [5.41, 5.74) is -2.83. The zero-order valence-electron chi connectivity index (χ0n) is 12.8. The monoisotopic (exact) mass is 438 g/mol. The fraction of sp³-hybridized carbons (Fsp3) is 0.250. The number of halogens is 10. The minimum atomic E-state index is -5.16. The Bertz CT molecular complexity index is 755. The molecule has 2 atom stereocenters. The zero-order chi connectivity index (χ0) is 20.7.